The van der Waals surface area contributed by atoms with Gasteiger partial charge in [0.2, 0.25) is 0 Å². The van der Waals surface area contributed by atoms with Gasteiger partial charge in [0.1, 0.15) is 0 Å². The van der Waals surface area contributed by atoms with Crippen molar-refractivity contribution in [1.29, 1.82) is 10.8 Å². The summed E-state index contributed by atoms with van der Waals surface area (Å²) in [5.74, 6) is 0.122. The van der Waals surface area contributed by atoms with Crippen LogP contribution in [0.3, 0.4) is 0 Å². The van der Waals surface area contributed by atoms with E-state index in [1.54, 1.807) is 0 Å². The third kappa shape index (κ3) is 14.0. The molecule has 0 aromatic carbocycles. The lowest BCUT2D eigenvalue weighted by molar-refractivity contribution is 0.0701. The first-order valence-electron chi connectivity index (χ1n) is 12.1. The summed E-state index contributed by atoms with van der Waals surface area (Å²) in [5, 5.41) is 24.7. The predicted molar refractivity (Wildman–Crippen MR) is 135 cm³/mol. The Morgan fingerprint density at radius 2 is 0.818 bits per heavy atom. The van der Waals surface area contributed by atoms with Crippen LogP contribution >= 0.6 is 0 Å². The second-order valence-electron chi connectivity index (χ2n) is 6.90. The van der Waals surface area contributed by atoms with Gasteiger partial charge < -0.3 is 37.2 Å². The van der Waals surface area contributed by atoms with E-state index < -0.39 is 17.6 Å². The molecule has 0 aromatic heterocycles. The van der Waals surface area contributed by atoms with E-state index in [0.717, 1.165) is 12.8 Å². The summed E-state index contributed by atoms with van der Waals surface area (Å²) in [6.07, 6.45) is 1.46. The van der Waals surface area contributed by atoms with Gasteiger partial charge in [-0.05, 0) is 54.4 Å². The maximum Gasteiger partial charge on any atom is 0.500 e. The molecule has 0 aromatic rings. The zero-order valence-corrected chi connectivity index (χ0v) is 23.4. The third-order valence-corrected chi connectivity index (χ3v) is 10.7. The first-order chi connectivity index (χ1) is 15.9. The topological polar surface area (TPSA) is 139 Å². The number of nitrogens with one attached hydrogen (secondary N) is 5. The molecular weight excluding hydrogens is 462 g/mol. The van der Waals surface area contributed by atoms with Gasteiger partial charge in [-0.1, -0.05) is 0 Å². The molecule has 11 nitrogen and oxygen atoms in total. The van der Waals surface area contributed by atoms with Crippen LogP contribution in [0.4, 0.5) is 0 Å². The molecule has 13 heteroatoms. The number of rotatable bonds is 20. The van der Waals surface area contributed by atoms with Crippen LogP contribution in [0, 0.1) is 10.8 Å². The van der Waals surface area contributed by atoms with E-state index in [2.05, 4.69) is 16.0 Å². The summed E-state index contributed by atoms with van der Waals surface area (Å²) in [5.41, 5.74) is 0. The number of hydrogen-bond acceptors (Lipinski definition) is 8. The normalized spacial score (nSPS) is 11.9. The van der Waals surface area contributed by atoms with Crippen molar-refractivity contribution in [3.63, 3.8) is 0 Å². The molecule has 196 valence electrons. The summed E-state index contributed by atoms with van der Waals surface area (Å²) in [6, 6.07) is 1.34. The Bertz CT molecular complexity index is 455. The molecule has 0 radical (unpaired) electrons. The molecule has 0 spiro atoms. The second kappa shape index (κ2) is 19.3. The minimum absolute atomic E-state index is 0.0608. The maximum absolute atomic E-state index is 8.00. The monoisotopic (exact) mass is 509 g/mol. The molecule has 0 saturated carbocycles. The molecular formula is C20H47N5O6Si2. The van der Waals surface area contributed by atoms with Crippen molar-refractivity contribution in [2.45, 2.75) is 66.5 Å². The fraction of sp³-hybridized carbons (Fsp3) is 0.900. The molecule has 0 unspecified atom stereocenters. The Labute approximate surface area is 202 Å². The van der Waals surface area contributed by atoms with Crippen molar-refractivity contribution < 1.29 is 26.6 Å². The van der Waals surface area contributed by atoms with Crippen LogP contribution in [0.2, 0.25) is 12.1 Å². The minimum Gasteiger partial charge on any atom is -0.374 e. The van der Waals surface area contributed by atoms with Gasteiger partial charge in [-0.3, -0.25) is 16.1 Å². The predicted octanol–water partition coefficient (Wildman–Crippen LogP) is 2.50. The molecule has 0 atom stereocenters. The lowest BCUT2D eigenvalue weighted by Gasteiger charge is -2.28. The molecule has 0 fully saturated rings. The highest BCUT2D eigenvalue weighted by molar-refractivity contribution is 6.61. The molecule has 0 aliphatic heterocycles. The van der Waals surface area contributed by atoms with Gasteiger partial charge in [-0.2, -0.15) is 0 Å². The fourth-order valence-electron chi connectivity index (χ4n) is 3.25. The molecule has 0 aliphatic carbocycles. The van der Waals surface area contributed by atoms with Crippen molar-refractivity contribution in [3.8, 4) is 0 Å². The molecule has 0 aliphatic rings. The van der Waals surface area contributed by atoms with Gasteiger partial charge in [-0.15, -0.1) is 0 Å². The quantitative estimate of drug-likeness (QED) is 0.0725. The molecule has 0 bridgehead atoms. The first kappa shape index (κ1) is 31.9. The largest absolute Gasteiger partial charge is 0.500 e. The highest BCUT2D eigenvalue weighted by Gasteiger charge is 2.40. The maximum atomic E-state index is 8.00. The van der Waals surface area contributed by atoms with Gasteiger partial charge in [0.15, 0.2) is 11.9 Å². The molecule has 0 rings (SSSR count). The van der Waals surface area contributed by atoms with Crippen LogP contribution in [0.5, 0.6) is 0 Å². The van der Waals surface area contributed by atoms with Gasteiger partial charge in [0.25, 0.3) is 0 Å². The minimum atomic E-state index is -2.67. The van der Waals surface area contributed by atoms with Crippen molar-refractivity contribution in [2.24, 2.45) is 0 Å². The Hall–Kier alpha value is -1.07. The van der Waals surface area contributed by atoms with Crippen molar-refractivity contribution in [2.75, 3.05) is 52.7 Å². The van der Waals surface area contributed by atoms with Gasteiger partial charge >= 0.3 is 17.6 Å². The number of hydrogen-bond donors (Lipinski definition) is 5. The van der Waals surface area contributed by atoms with Crippen LogP contribution in [-0.4, -0.2) is 82.3 Å². The number of guanidine groups is 2. The summed E-state index contributed by atoms with van der Waals surface area (Å²) < 4.78 is 35.0. The average Bonchev–Trinajstić information content (AvgIpc) is 2.75. The molecule has 33 heavy (non-hydrogen) atoms. The summed E-state index contributed by atoms with van der Waals surface area (Å²) >= 11 is 0. The van der Waals surface area contributed by atoms with E-state index in [0.29, 0.717) is 64.8 Å². The van der Waals surface area contributed by atoms with Crippen LogP contribution in [0.1, 0.15) is 54.4 Å². The van der Waals surface area contributed by atoms with Crippen LogP contribution in [0.25, 0.3) is 0 Å². The van der Waals surface area contributed by atoms with E-state index in [9.17, 15) is 0 Å². The standard InChI is InChI=1S/C20H47N5O6Si2/c1-7-26-32(27-8-2,28-9-3)17-13-15-23-19(21)25-20(22)24-16-14-18-33(29-10-4,30-11-5)31-12-6/h7-18H2,1-6H3,(H5,21,22,23,24,25). The Kier molecular flexibility index (Phi) is 18.6. The van der Waals surface area contributed by atoms with E-state index in [1.165, 1.54) is 0 Å². The average molecular weight is 510 g/mol. The smallest absolute Gasteiger partial charge is 0.374 e. The van der Waals surface area contributed by atoms with Gasteiger partial charge in [0, 0.05) is 64.8 Å². The highest BCUT2D eigenvalue weighted by Crippen LogP contribution is 2.18. The van der Waals surface area contributed by atoms with Crippen molar-refractivity contribution >= 4 is 29.5 Å². The van der Waals surface area contributed by atoms with Gasteiger partial charge in [-0.25, -0.2) is 0 Å². The lowest BCUT2D eigenvalue weighted by Crippen LogP contribution is -2.48. The fourth-order valence-corrected chi connectivity index (χ4v) is 8.48. The molecule has 0 saturated heterocycles. The van der Waals surface area contributed by atoms with Crippen molar-refractivity contribution in [3.05, 3.63) is 0 Å². The van der Waals surface area contributed by atoms with E-state index in [1.807, 2.05) is 41.5 Å². The highest BCUT2D eigenvalue weighted by atomic mass is 28.4. The Morgan fingerprint density at radius 1 is 0.545 bits per heavy atom. The van der Waals surface area contributed by atoms with Crippen LogP contribution < -0.4 is 16.0 Å². The Morgan fingerprint density at radius 3 is 1.06 bits per heavy atom. The Balaban J connectivity index is 4.30. The molecule has 5 N–H and O–H groups in total. The molecule has 0 heterocycles. The SMILES string of the molecule is CCO[Si](CCCNC(=N)NC(=N)NCCC[Si](OCC)(OCC)OCC)(OCC)OCC. The zero-order chi connectivity index (χ0) is 25.0. The lowest BCUT2D eigenvalue weighted by atomic mass is 10.5. The summed E-state index contributed by atoms with van der Waals surface area (Å²) in [6.45, 7) is 16.0. The van der Waals surface area contributed by atoms with E-state index in [-0.39, 0.29) is 11.9 Å². The van der Waals surface area contributed by atoms with Crippen LogP contribution in [0.15, 0.2) is 0 Å². The van der Waals surface area contributed by atoms with E-state index >= 15 is 0 Å². The summed E-state index contributed by atoms with van der Waals surface area (Å²) in [7, 11) is -5.34. The van der Waals surface area contributed by atoms with Crippen LogP contribution in [-0.2, 0) is 26.6 Å². The second-order valence-corrected chi connectivity index (χ2v) is 12.4. The van der Waals surface area contributed by atoms with Gasteiger partial charge in [0.05, 0.1) is 0 Å². The first-order valence-corrected chi connectivity index (χ1v) is 16.0. The molecule has 0 amide bonds. The van der Waals surface area contributed by atoms with E-state index in [4.69, 9.17) is 37.4 Å². The summed E-state index contributed by atoms with van der Waals surface area (Å²) in [4.78, 5) is 0. The third-order valence-electron chi connectivity index (χ3n) is 4.36. The van der Waals surface area contributed by atoms with Crippen molar-refractivity contribution in [1.82, 2.24) is 16.0 Å². The zero-order valence-electron chi connectivity index (χ0n) is 21.4.